The molecule has 0 aliphatic heterocycles. The van der Waals surface area contributed by atoms with Gasteiger partial charge in [-0.2, -0.15) is 0 Å². The Hall–Kier alpha value is -0.830. The molecule has 0 rings (SSSR count). The summed E-state index contributed by atoms with van der Waals surface area (Å²) in [5, 5.41) is 9.57. The number of carbonyl (C=O) groups is 1. The number of rotatable bonds is 11. The average molecular weight is 256 g/mol. The van der Waals surface area contributed by atoms with Gasteiger partial charge >= 0.3 is 5.97 Å². The zero-order valence-corrected chi connectivity index (χ0v) is 11.9. The molecule has 0 saturated carbocycles. The van der Waals surface area contributed by atoms with E-state index in [1.807, 2.05) is 6.08 Å². The smallest absolute Gasteiger partial charge is 0.305 e. The normalized spacial score (nSPS) is 12.8. The van der Waals surface area contributed by atoms with Crippen LogP contribution in [0.4, 0.5) is 0 Å². The van der Waals surface area contributed by atoms with Gasteiger partial charge in [-0.3, -0.25) is 4.79 Å². The minimum atomic E-state index is -0.524. The average Bonchev–Trinajstić information content (AvgIpc) is 2.39. The Kier molecular flexibility index (Phi) is 12.0. The Balaban J connectivity index is 3.37. The lowest BCUT2D eigenvalue weighted by Crippen LogP contribution is -2.07. The van der Waals surface area contributed by atoms with E-state index in [1.54, 1.807) is 6.08 Å². The molecular formula is C15H28O3. The molecule has 0 fully saturated rings. The fourth-order valence-corrected chi connectivity index (χ4v) is 1.76. The van der Waals surface area contributed by atoms with Crippen LogP contribution in [0.1, 0.15) is 64.7 Å². The zero-order chi connectivity index (χ0) is 13.6. The molecule has 0 aromatic carbocycles. The fourth-order valence-electron chi connectivity index (χ4n) is 1.76. The molecule has 3 heteroatoms. The number of aliphatic hydroxyl groups excluding tert-OH is 1. The van der Waals surface area contributed by atoms with Crippen LogP contribution >= 0.6 is 0 Å². The van der Waals surface area contributed by atoms with Gasteiger partial charge in [0.1, 0.15) is 0 Å². The third-order valence-corrected chi connectivity index (χ3v) is 2.95. The summed E-state index contributed by atoms with van der Waals surface area (Å²) in [5.41, 5.74) is 0. The van der Waals surface area contributed by atoms with Crippen LogP contribution in [0.2, 0.25) is 0 Å². The molecule has 0 saturated heterocycles. The molecular weight excluding hydrogens is 228 g/mol. The number of carbonyl (C=O) groups excluding carboxylic acids is 1. The molecule has 0 radical (unpaired) electrons. The number of unbranched alkanes of at least 4 members (excludes halogenated alkanes) is 6. The number of methoxy groups -OCH3 is 1. The number of ether oxygens (including phenoxy) is 1. The second kappa shape index (κ2) is 12.6. The number of hydrogen-bond acceptors (Lipinski definition) is 3. The van der Waals surface area contributed by atoms with E-state index in [0.29, 0.717) is 6.42 Å². The molecule has 0 heterocycles. The summed E-state index contributed by atoms with van der Waals surface area (Å²) in [6.45, 7) is 2.22. The zero-order valence-electron chi connectivity index (χ0n) is 11.9. The Labute approximate surface area is 111 Å². The standard InChI is InChI=1S/C15H28O3/c1-3-4-5-6-7-8-9-10-11-14(16)12-13-15(17)18-2/h10-11,14,16H,3-9,12-13H2,1-2H3/b11-10-/t14-/m1/s1. The number of hydrogen-bond donors (Lipinski definition) is 1. The summed E-state index contributed by atoms with van der Waals surface area (Å²) in [6, 6.07) is 0. The van der Waals surface area contributed by atoms with Crippen LogP contribution in [-0.2, 0) is 9.53 Å². The highest BCUT2D eigenvalue weighted by atomic mass is 16.5. The van der Waals surface area contributed by atoms with Crippen molar-refractivity contribution in [2.75, 3.05) is 7.11 Å². The third kappa shape index (κ3) is 11.6. The lowest BCUT2D eigenvalue weighted by Gasteiger charge is -2.04. The second-order valence-electron chi connectivity index (χ2n) is 4.67. The van der Waals surface area contributed by atoms with E-state index in [9.17, 15) is 9.90 Å². The highest BCUT2D eigenvalue weighted by Gasteiger charge is 2.04. The minimum absolute atomic E-state index is 0.265. The maximum Gasteiger partial charge on any atom is 0.305 e. The van der Waals surface area contributed by atoms with Crippen molar-refractivity contribution in [2.24, 2.45) is 0 Å². The Morgan fingerprint density at radius 3 is 2.56 bits per heavy atom. The highest BCUT2D eigenvalue weighted by molar-refractivity contribution is 5.69. The topological polar surface area (TPSA) is 46.5 Å². The van der Waals surface area contributed by atoms with E-state index < -0.39 is 6.10 Å². The van der Waals surface area contributed by atoms with Gasteiger partial charge in [0.2, 0.25) is 0 Å². The quantitative estimate of drug-likeness (QED) is 0.349. The van der Waals surface area contributed by atoms with Crippen molar-refractivity contribution in [1.82, 2.24) is 0 Å². The van der Waals surface area contributed by atoms with Crippen LogP contribution in [0.15, 0.2) is 12.2 Å². The van der Waals surface area contributed by atoms with Gasteiger partial charge in [-0.1, -0.05) is 51.2 Å². The Bertz CT molecular complexity index is 224. The van der Waals surface area contributed by atoms with Crippen LogP contribution in [0.5, 0.6) is 0 Å². The first-order valence-corrected chi connectivity index (χ1v) is 7.12. The lowest BCUT2D eigenvalue weighted by molar-refractivity contribution is -0.141. The second-order valence-corrected chi connectivity index (χ2v) is 4.67. The molecule has 0 bridgehead atoms. The highest BCUT2D eigenvalue weighted by Crippen LogP contribution is 2.08. The van der Waals surface area contributed by atoms with Crippen molar-refractivity contribution in [2.45, 2.75) is 70.8 Å². The SMILES string of the molecule is CCCCCCCC/C=C\[C@@H](O)CCC(=O)OC. The molecule has 0 spiro atoms. The van der Waals surface area contributed by atoms with Crippen molar-refractivity contribution in [3.05, 3.63) is 12.2 Å². The molecule has 0 aromatic heterocycles. The van der Waals surface area contributed by atoms with Crippen LogP contribution in [0.3, 0.4) is 0 Å². The summed E-state index contributed by atoms with van der Waals surface area (Å²) in [4.78, 5) is 10.9. The van der Waals surface area contributed by atoms with E-state index in [1.165, 1.54) is 45.6 Å². The van der Waals surface area contributed by atoms with E-state index in [4.69, 9.17) is 0 Å². The molecule has 0 aliphatic carbocycles. The number of aliphatic hydroxyl groups is 1. The molecule has 106 valence electrons. The first-order chi connectivity index (χ1) is 8.70. The molecule has 3 nitrogen and oxygen atoms in total. The third-order valence-electron chi connectivity index (χ3n) is 2.95. The Morgan fingerprint density at radius 1 is 1.22 bits per heavy atom. The van der Waals surface area contributed by atoms with E-state index in [2.05, 4.69) is 11.7 Å². The van der Waals surface area contributed by atoms with Gasteiger partial charge in [0.25, 0.3) is 0 Å². The van der Waals surface area contributed by atoms with Gasteiger partial charge < -0.3 is 9.84 Å². The first-order valence-electron chi connectivity index (χ1n) is 7.12. The van der Waals surface area contributed by atoms with Crippen molar-refractivity contribution < 1.29 is 14.6 Å². The summed E-state index contributed by atoms with van der Waals surface area (Å²) in [6.07, 6.45) is 12.7. The summed E-state index contributed by atoms with van der Waals surface area (Å²) >= 11 is 0. The van der Waals surface area contributed by atoms with Gasteiger partial charge in [-0.05, 0) is 19.3 Å². The molecule has 0 aliphatic rings. The number of allylic oxidation sites excluding steroid dienone is 1. The molecule has 0 aromatic rings. The molecule has 1 atom stereocenters. The van der Waals surface area contributed by atoms with Gasteiger partial charge in [0, 0.05) is 6.42 Å². The van der Waals surface area contributed by atoms with Gasteiger partial charge in [0.15, 0.2) is 0 Å². The molecule has 1 N–H and O–H groups in total. The van der Waals surface area contributed by atoms with Crippen LogP contribution in [-0.4, -0.2) is 24.3 Å². The van der Waals surface area contributed by atoms with Crippen molar-refractivity contribution in [1.29, 1.82) is 0 Å². The monoisotopic (exact) mass is 256 g/mol. The van der Waals surface area contributed by atoms with E-state index >= 15 is 0 Å². The minimum Gasteiger partial charge on any atom is -0.469 e. The largest absolute Gasteiger partial charge is 0.469 e. The molecule has 18 heavy (non-hydrogen) atoms. The van der Waals surface area contributed by atoms with Gasteiger partial charge in [0.05, 0.1) is 13.2 Å². The van der Waals surface area contributed by atoms with Crippen molar-refractivity contribution >= 4 is 5.97 Å². The predicted molar refractivity (Wildman–Crippen MR) is 74.4 cm³/mol. The summed E-state index contributed by atoms with van der Waals surface area (Å²) in [5.74, 6) is -0.265. The van der Waals surface area contributed by atoms with Crippen LogP contribution < -0.4 is 0 Å². The molecule has 0 amide bonds. The molecule has 0 unspecified atom stereocenters. The fraction of sp³-hybridized carbons (Fsp3) is 0.800. The van der Waals surface area contributed by atoms with Crippen molar-refractivity contribution in [3.8, 4) is 0 Å². The summed E-state index contributed by atoms with van der Waals surface area (Å²) in [7, 11) is 1.36. The van der Waals surface area contributed by atoms with Crippen molar-refractivity contribution in [3.63, 3.8) is 0 Å². The lowest BCUT2D eigenvalue weighted by atomic mass is 10.1. The van der Waals surface area contributed by atoms with Gasteiger partial charge in [-0.25, -0.2) is 0 Å². The summed E-state index contributed by atoms with van der Waals surface area (Å²) < 4.78 is 4.52. The van der Waals surface area contributed by atoms with Gasteiger partial charge in [-0.15, -0.1) is 0 Å². The maximum absolute atomic E-state index is 10.9. The number of esters is 1. The predicted octanol–water partition coefficient (Wildman–Crippen LogP) is 3.61. The van der Waals surface area contributed by atoms with E-state index in [0.717, 1.165) is 6.42 Å². The Morgan fingerprint density at radius 2 is 1.89 bits per heavy atom. The first kappa shape index (κ1) is 17.2. The van der Waals surface area contributed by atoms with E-state index in [-0.39, 0.29) is 12.4 Å². The van der Waals surface area contributed by atoms with Crippen LogP contribution in [0.25, 0.3) is 0 Å². The maximum atomic E-state index is 10.9. The van der Waals surface area contributed by atoms with Crippen LogP contribution in [0, 0.1) is 0 Å².